The van der Waals surface area contributed by atoms with Crippen LogP contribution in [-0.2, 0) is 0 Å². The van der Waals surface area contributed by atoms with E-state index >= 15 is 0 Å². The lowest BCUT2D eigenvalue weighted by molar-refractivity contribution is 0.0997. The average Bonchev–Trinajstić information content (AvgIpc) is 2.35. The molecule has 0 radical (unpaired) electrons. The van der Waals surface area contributed by atoms with Crippen LogP contribution in [0.5, 0.6) is 11.5 Å². The molecule has 0 spiro atoms. The third kappa shape index (κ3) is 3.24. The Balaban J connectivity index is 2.43. The van der Waals surface area contributed by atoms with Crippen LogP contribution in [0.15, 0.2) is 40.9 Å². The summed E-state index contributed by atoms with van der Waals surface area (Å²) in [6.07, 6.45) is 0. The number of amides is 1. The summed E-state index contributed by atoms with van der Waals surface area (Å²) in [5, 5.41) is 0.364. The van der Waals surface area contributed by atoms with Gasteiger partial charge in [0.1, 0.15) is 17.3 Å². The molecule has 0 saturated heterocycles. The highest BCUT2D eigenvalue weighted by molar-refractivity contribution is 9.10. The van der Waals surface area contributed by atoms with Gasteiger partial charge < -0.3 is 10.5 Å². The molecule has 0 aromatic heterocycles. The summed E-state index contributed by atoms with van der Waals surface area (Å²) < 4.78 is 19.4. The van der Waals surface area contributed by atoms with Gasteiger partial charge in [-0.3, -0.25) is 4.79 Å². The van der Waals surface area contributed by atoms with Crippen LogP contribution in [0, 0.1) is 5.82 Å². The van der Waals surface area contributed by atoms with Gasteiger partial charge in [-0.25, -0.2) is 4.39 Å². The maximum atomic E-state index is 13.1. The molecule has 2 N–H and O–H groups in total. The molecule has 0 bridgehead atoms. The predicted octanol–water partition coefficient (Wildman–Crippen LogP) is 4.13. The van der Waals surface area contributed by atoms with Crippen LogP contribution in [-0.4, -0.2) is 5.91 Å². The van der Waals surface area contributed by atoms with E-state index < -0.39 is 11.7 Å². The molecule has 98 valence electrons. The highest BCUT2D eigenvalue weighted by Crippen LogP contribution is 2.33. The summed E-state index contributed by atoms with van der Waals surface area (Å²) in [6, 6.07) is 8.53. The molecule has 6 heteroatoms. The van der Waals surface area contributed by atoms with Crippen LogP contribution in [0.3, 0.4) is 0 Å². The minimum Gasteiger partial charge on any atom is -0.455 e. The zero-order valence-corrected chi connectivity index (χ0v) is 11.8. The summed E-state index contributed by atoms with van der Waals surface area (Å²) in [5.41, 5.74) is 5.13. The number of ether oxygens (including phenoxy) is 1. The number of rotatable bonds is 3. The van der Waals surface area contributed by atoms with Gasteiger partial charge in [0.25, 0.3) is 5.91 Å². The lowest BCUT2D eigenvalue weighted by Crippen LogP contribution is -2.12. The number of carbonyl (C=O) groups excluding carboxylic acids is 1. The Kier molecular flexibility index (Phi) is 4.07. The Hall–Kier alpha value is -1.59. The first-order valence-corrected chi connectivity index (χ1v) is 6.37. The summed E-state index contributed by atoms with van der Waals surface area (Å²) >= 11 is 9.25. The first kappa shape index (κ1) is 13.8. The van der Waals surface area contributed by atoms with Crippen LogP contribution in [0.25, 0.3) is 0 Å². The van der Waals surface area contributed by atoms with E-state index in [1.165, 1.54) is 12.1 Å². The van der Waals surface area contributed by atoms with Crippen molar-refractivity contribution in [3.8, 4) is 11.5 Å². The van der Waals surface area contributed by atoms with Gasteiger partial charge in [-0.2, -0.15) is 0 Å². The second-order valence-electron chi connectivity index (χ2n) is 3.68. The Bertz CT molecular complexity index is 649. The average molecular weight is 345 g/mol. The quantitative estimate of drug-likeness (QED) is 0.910. The molecule has 2 aromatic rings. The molecule has 0 saturated carbocycles. The number of nitrogens with two attached hydrogens (primary N) is 1. The van der Waals surface area contributed by atoms with E-state index in [1.54, 1.807) is 18.2 Å². The molecule has 19 heavy (non-hydrogen) atoms. The van der Waals surface area contributed by atoms with Gasteiger partial charge >= 0.3 is 0 Å². The molecule has 2 rings (SSSR count). The van der Waals surface area contributed by atoms with E-state index in [1.807, 2.05) is 0 Å². The molecule has 2 aromatic carbocycles. The fourth-order valence-electron chi connectivity index (χ4n) is 1.46. The first-order chi connectivity index (χ1) is 8.97. The molecule has 0 heterocycles. The Labute approximate surface area is 122 Å². The van der Waals surface area contributed by atoms with Crippen LogP contribution >= 0.6 is 27.5 Å². The Morgan fingerprint density at radius 3 is 2.63 bits per heavy atom. The van der Waals surface area contributed by atoms with Crippen molar-refractivity contribution in [2.45, 2.75) is 0 Å². The number of hydrogen-bond acceptors (Lipinski definition) is 2. The molecule has 0 aliphatic carbocycles. The SMILES string of the molecule is NC(=O)c1cc(F)ccc1Oc1cc(Br)ccc1Cl. The Morgan fingerprint density at radius 2 is 1.95 bits per heavy atom. The lowest BCUT2D eigenvalue weighted by Gasteiger charge is -2.11. The van der Waals surface area contributed by atoms with E-state index in [-0.39, 0.29) is 11.3 Å². The molecule has 1 amide bonds. The third-order valence-corrected chi connectivity index (χ3v) is 3.13. The van der Waals surface area contributed by atoms with Crippen molar-refractivity contribution in [1.29, 1.82) is 0 Å². The van der Waals surface area contributed by atoms with Crippen LogP contribution in [0.4, 0.5) is 4.39 Å². The van der Waals surface area contributed by atoms with E-state index in [4.69, 9.17) is 22.1 Å². The maximum absolute atomic E-state index is 13.1. The van der Waals surface area contributed by atoms with Gasteiger partial charge in [0, 0.05) is 4.47 Å². The van der Waals surface area contributed by atoms with Gasteiger partial charge in [0.05, 0.1) is 10.6 Å². The molecule has 0 atom stereocenters. The zero-order chi connectivity index (χ0) is 14.0. The van der Waals surface area contributed by atoms with Crippen LogP contribution in [0.1, 0.15) is 10.4 Å². The number of benzene rings is 2. The topological polar surface area (TPSA) is 52.3 Å². The molecule has 0 aliphatic rings. The van der Waals surface area contributed by atoms with Crippen molar-refractivity contribution in [1.82, 2.24) is 0 Å². The van der Waals surface area contributed by atoms with Crippen molar-refractivity contribution >= 4 is 33.4 Å². The normalized spacial score (nSPS) is 10.3. The molecular formula is C13H8BrClFNO2. The number of carbonyl (C=O) groups is 1. The summed E-state index contributed by atoms with van der Waals surface area (Å²) in [4.78, 5) is 11.2. The molecule has 0 aliphatic heterocycles. The second kappa shape index (κ2) is 5.59. The minimum atomic E-state index is -0.777. The summed E-state index contributed by atoms with van der Waals surface area (Å²) in [7, 11) is 0. The fraction of sp³-hybridized carbons (Fsp3) is 0. The van der Waals surface area contributed by atoms with Gasteiger partial charge in [0.2, 0.25) is 0 Å². The van der Waals surface area contributed by atoms with E-state index in [2.05, 4.69) is 15.9 Å². The van der Waals surface area contributed by atoms with E-state index in [0.29, 0.717) is 10.8 Å². The van der Waals surface area contributed by atoms with E-state index in [0.717, 1.165) is 10.5 Å². The number of primary amides is 1. The number of hydrogen-bond donors (Lipinski definition) is 1. The first-order valence-electron chi connectivity index (χ1n) is 5.19. The largest absolute Gasteiger partial charge is 0.455 e. The van der Waals surface area contributed by atoms with E-state index in [9.17, 15) is 9.18 Å². The standard InChI is InChI=1S/C13H8BrClFNO2/c14-7-1-3-10(15)12(5-7)19-11-4-2-8(16)6-9(11)13(17)18/h1-6H,(H2,17,18). The van der Waals surface area contributed by atoms with Gasteiger partial charge in [0.15, 0.2) is 0 Å². The monoisotopic (exact) mass is 343 g/mol. The fourth-order valence-corrected chi connectivity index (χ4v) is 1.95. The zero-order valence-electron chi connectivity index (χ0n) is 9.49. The molecule has 3 nitrogen and oxygen atoms in total. The molecule has 0 fully saturated rings. The third-order valence-electron chi connectivity index (χ3n) is 2.32. The molecule has 0 unspecified atom stereocenters. The van der Waals surface area contributed by atoms with Crippen LogP contribution < -0.4 is 10.5 Å². The second-order valence-corrected chi connectivity index (χ2v) is 5.00. The van der Waals surface area contributed by atoms with Crippen molar-refractivity contribution < 1.29 is 13.9 Å². The van der Waals surface area contributed by atoms with Gasteiger partial charge in [-0.15, -0.1) is 0 Å². The maximum Gasteiger partial charge on any atom is 0.252 e. The van der Waals surface area contributed by atoms with Crippen molar-refractivity contribution in [2.24, 2.45) is 5.73 Å². The van der Waals surface area contributed by atoms with Gasteiger partial charge in [-0.1, -0.05) is 27.5 Å². The van der Waals surface area contributed by atoms with Crippen LogP contribution in [0.2, 0.25) is 5.02 Å². The minimum absolute atomic E-state index is 0.0453. The predicted molar refractivity (Wildman–Crippen MR) is 74.1 cm³/mol. The Morgan fingerprint density at radius 1 is 1.21 bits per heavy atom. The van der Waals surface area contributed by atoms with Crippen molar-refractivity contribution in [3.63, 3.8) is 0 Å². The summed E-state index contributed by atoms with van der Waals surface area (Å²) in [6.45, 7) is 0. The van der Waals surface area contributed by atoms with Crippen molar-refractivity contribution in [3.05, 3.63) is 57.3 Å². The highest BCUT2D eigenvalue weighted by atomic mass is 79.9. The molecular weight excluding hydrogens is 337 g/mol. The lowest BCUT2D eigenvalue weighted by atomic mass is 10.2. The highest BCUT2D eigenvalue weighted by Gasteiger charge is 2.13. The summed E-state index contributed by atoms with van der Waals surface area (Å²) in [5.74, 6) is -0.860. The van der Waals surface area contributed by atoms with Gasteiger partial charge in [-0.05, 0) is 36.4 Å². The number of halogens is 3. The van der Waals surface area contributed by atoms with Crippen molar-refractivity contribution in [2.75, 3.05) is 0 Å². The smallest absolute Gasteiger partial charge is 0.252 e.